The number of carbonyl (C=O) groups excluding carboxylic acids is 1. The summed E-state index contributed by atoms with van der Waals surface area (Å²) in [5.41, 5.74) is 3.37. The number of aromatic nitrogens is 1. The summed E-state index contributed by atoms with van der Waals surface area (Å²) in [5.74, 6) is 0.185. The number of hydrogen-bond acceptors (Lipinski definition) is 6. The van der Waals surface area contributed by atoms with Crippen molar-refractivity contribution in [1.29, 1.82) is 0 Å². The standard InChI is InChI=1S/C20H23N3O3S.ClH/c1-14-12-16-18(13-15(14)2)27-20(21-16)23(19(24)17-4-3-9-26-17)6-5-22-7-10-25-11-8-22;/h3-4,9,12-13H,5-8,10-11H2,1-2H3;1H. The molecule has 1 aliphatic heterocycles. The first kappa shape index (κ1) is 20.8. The fourth-order valence-corrected chi connectivity index (χ4v) is 4.24. The molecule has 0 N–H and O–H groups in total. The Bertz CT molecular complexity index is 897. The van der Waals surface area contributed by atoms with Gasteiger partial charge in [0.1, 0.15) is 0 Å². The summed E-state index contributed by atoms with van der Waals surface area (Å²) in [7, 11) is 0. The maximum atomic E-state index is 13.0. The molecule has 1 aliphatic rings. The third-order valence-corrected chi connectivity index (χ3v) is 5.99. The number of nitrogens with zero attached hydrogens (tertiary/aromatic N) is 3. The van der Waals surface area contributed by atoms with Crippen LogP contribution in [-0.4, -0.2) is 55.2 Å². The molecule has 0 bridgehead atoms. The molecule has 1 amide bonds. The van der Waals surface area contributed by atoms with Crippen LogP contribution in [0.25, 0.3) is 10.2 Å². The van der Waals surface area contributed by atoms with Gasteiger partial charge >= 0.3 is 0 Å². The predicted octanol–water partition coefficient (Wildman–Crippen LogP) is 3.91. The molecule has 0 saturated carbocycles. The average Bonchev–Trinajstić information content (AvgIpc) is 3.33. The Morgan fingerprint density at radius 1 is 1.25 bits per heavy atom. The molecule has 3 heterocycles. The highest BCUT2D eigenvalue weighted by Gasteiger charge is 2.24. The van der Waals surface area contributed by atoms with Gasteiger partial charge in [-0.2, -0.15) is 0 Å². The van der Waals surface area contributed by atoms with Crippen molar-refractivity contribution in [2.24, 2.45) is 0 Å². The fraction of sp³-hybridized carbons (Fsp3) is 0.400. The Morgan fingerprint density at radius 2 is 2.00 bits per heavy atom. The summed E-state index contributed by atoms with van der Waals surface area (Å²) in [5, 5.41) is 0.713. The summed E-state index contributed by atoms with van der Waals surface area (Å²) < 4.78 is 11.9. The summed E-state index contributed by atoms with van der Waals surface area (Å²) in [6.45, 7) is 8.79. The van der Waals surface area contributed by atoms with Crippen molar-refractivity contribution >= 4 is 45.0 Å². The molecule has 0 aliphatic carbocycles. The van der Waals surface area contributed by atoms with E-state index >= 15 is 0 Å². The molecular weight excluding hydrogens is 398 g/mol. The third-order valence-electron chi connectivity index (χ3n) is 4.94. The van der Waals surface area contributed by atoms with Crippen LogP contribution >= 0.6 is 23.7 Å². The monoisotopic (exact) mass is 421 g/mol. The molecule has 1 aromatic carbocycles. The number of benzene rings is 1. The van der Waals surface area contributed by atoms with Crippen LogP contribution in [0, 0.1) is 13.8 Å². The summed E-state index contributed by atoms with van der Waals surface area (Å²) in [6.07, 6.45) is 1.53. The molecule has 8 heteroatoms. The van der Waals surface area contributed by atoms with Gasteiger partial charge in [-0.1, -0.05) is 11.3 Å². The lowest BCUT2D eigenvalue weighted by Crippen LogP contribution is -2.43. The van der Waals surface area contributed by atoms with Gasteiger partial charge in [-0.05, 0) is 49.2 Å². The molecule has 0 radical (unpaired) electrons. The fourth-order valence-electron chi connectivity index (χ4n) is 3.17. The van der Waals surface area contributed by atoms with Gasteiger partial charge in [-0.3, -0.25) is 14.6 Å². The van der Waals surface area contributed by atoms with Crippen molar-refractivity contribution < 1.29 is 13.9 Å². The number of amides is 1. The van der Waals surface area contributed by atoms with Gasteiger partial charge in [0.15, 0.2) is 10.9 Å². The van der Waals surface area contributed by atoms with Crippen LogP contribution in [0.15, 0.2) is 34.9 Å². The van der Waals surface area contributed by atoms with Gasteiger partial charge in [0.25, 0.3) is 5.91 Å². The molecule has 6 nitrogen and oxygen atoms in total. The molecule has 2 aromatic heterocycles. The Kier molecular flexibility index (Phi) is 6.72. The van der Waals surface area contributed by atoms with Crippen LogP contribution < -0.4 is 4.90 Å². The van der Waals surface area contributed by atoms with Crippen molar-refractivity contribution in [3.63, 3.8) is 0 Å². The highest BCUT2D eigenvalue weighted by Crippen LogP contribution is 2.31. The van der Waals surface area contributed by atoms with Crippen molar-refractivity contribution in [3.8, 4) is 0 Å². The zero-order valence-corrected chi connectivity index (χ0v) is 17.6. The second-order valence-electron chi connectivity index (χ2n) is 6.79. The van der Waals surface area contributed by atoms with Crippen LogP contribution in [0.5, 0.6) is 0 Å². The molecule has 0 atom stereocenters. The topological polar surface area (TPSA) is 58.8 Å². The first-order valence-electron chi connectivity index (χ1n) is 9.15. The maximum Gasteiger partial charge on any atom is 0.295 e. The van der Waals surface area contributed by atoms with Gasteiger partial charge < -0.3 is 9.15 Å². The Hall–Kier alpha value is -1.93. The first-order chi connectivity index (χ1) is 13.1. The smallest absolute Gasteiger partial charge is 0.295 e. The Morgan fingerprint density at radius 3 is 2.71 bits per heavy atom. The number of fused-ring (bicyclic) bond motifs is 1. The quantitative estimate of drug-likeness (QED) is 0.625. The van der Waals surface area contributed by atoms with E-state index < -0.39 is 0 Å². The number of rotatable bonds is 5. The zero-order valence-electron chi connectivity index (χ0n) is 16.0. The van der Waals surface area contributed by atoms with Crippen LogP contribution in [0.2, 0.25) is 0 Å². The number of morpholine rings is 1. The summed E-state index contributed by atoms with van der Waals surface area (Å²) >= 11 is 1.55. The van der Waals surface area contributed by atoms with E-state index in [4.69, 9.17) is 14.1 Å². The highest BCUT2D eigenvalue weighted by molar-refractivity contribution is 7.22. The van der Waals surface area contributed by atoms with Crippen LogP contribution in [0.4, 0.5) is 5.13 Å². The molecule has 28 heavy (non-hydrogen) atoms. The van der Waals surface area contributed by atoms with Crippen LogP contribution in [0.1, 0.15) is 21.7 Å². The summed E-state index contributed by atoms with van der Waals surface area (Å²) in [4.78, 5) is 21.8. The van der Waals surface area contributed by atoms with Crippen LogP contribution in [-0.2, 0) is 4.74 Å². The molecule has 1 fully saturated rings. The highest BCUT2D eigenvalue weighted by atomic mass is 35.5. The molecule has 150 valence electrons. The lowest BCUT2D eigenvalue weighted by atomic mass is 10.1. The predicted molar refractivity (Wildman–Crippen MR) is 114 cm³/mol. The average molecular weight is 422 g/mol. The summed E-state index contributed by atoms with van der Waals surface area (Å²) in [6, 6.07) is 7.66. The molecule has 0 spiro atoms. The van der Waals surface area contributed by atoms with Gasteiger partial charge in [0.05, 0.1) is 29.7 Å². The Labute approximate surface area is 174 Å². The number of hydrogen-bond donors (Lipinski definition) is 0. The number of aryl methyl sites for hydroxylation is 2. The van der Waals surface area contributed by atoms with E-state index in [2.05, 4.69) is 30.9 Å². The molecule has 3 aromatic rings. The van der Waals surface area contributed by atoms with E-state index in [0.29, 0.717) is 17.4 Å². The molecule has 4 rings (SSSR count). The Balaban J connectivity index is 0.00000225. The minimum absolute atomic E-state index is 0. The van der Waals surface area contributed by atoms with E-state index in [1.807, 2.05) is 0 Å². The third kappa shape index (κ3) is 4.38. The zero-order chi connectivity index (χ0) is 18.8. The number of halogens is 1. The molecule has 1 saturated heterocycles. The minimum Gasteiger partial charge on any atom is -0.459 e. The van der Waals surface area contributed by atoms with E-state index in [1.54, 1.807) is 28.4 Å². The van der Waals surface area contributed by atoms with Gasteiger partial charge in [-0.15, -0.1) is 12.4 Å². The SMILES string of the molecule is Cc1cc2nc(N(CCN3CCOCC3)C(=O)c3ccco3)sc2cc1C.Cl. The normalized spacial score (nSPS) is 14.8. The lowest BCUT2D eigenvalue weighted by Gasteiger charge is -2.28. The van der Waals surface area contributed by atoms with Crippen molar-refractivity contribution in [3.05, 3.63) is 47.4 Å². The number of furan rings is 1. The van der Waals surface area contributed by atoms with Gasteiger partial charge in [0.2, 0.25) is 0 Å². The second-order valence-corrected chi connectivity index (χ2v) is 7.80. The molecular formula is C20H24ClN3O3S. The van der Waals surface area contributed by atoms with Gasteiger partial charge in [0, 0.05) is 26.2 Å². The van der Waals surface area contributed by atoms with E-state index in [-0.39, 0.29) is 18.3 Å². The number of carbonyl (C=O) groups is 1. The van der Waals surface area contributed by atoms with E-state index in [0.717, 1.165) is 43.1 Å². The van der Waals surface area contributed by atoms with Crippen LogP contribution in [0.3, 0.4) is 0 Å². The maximum absolute atomic E-state index is 13.0. The largest absolute Gasteiger partial charge is 0.459 e. The van der Waals surface area contributed by atoms with Gasteiger partial charge in [-0.25, -0.2) is 4.98 Å². The molecule has 0 unspecified atom stereocenters. The van der Waals surface area contributed by atoms with E-state index in [1.165, 1.54) is 17.4 Å². The number of anilines is 1. The van der Waals surface area contributed by atoms with E-state index in [9.17, 15) is 4.79 Å². The first-order valence-corrected chi connectivity index (χ1v) is 9.97. The second kappa shape index (κ2) is 9.05. The van der Waals surface area contributed by atoms with Crippen molar-refractivity contribution in [2.45, 2.75) is 13.8 Å². The van der Waals surface area contributed by atoms with Crippen molar-refractivity contribution in [2.75, 3.05) is 44.3 Å². The van der Waals surface area contributed by atoms with Crippen molar-refractivity contribution in [1.82, 2.24) is 9.88 Å². The minimum atomic E-state index is -0.152. The number of ether oxygens (including phenoxy) is 1. The lowest BCUT2D eigenvalue weighted by molar-refractivity contribution is 0.0390. The number of thiazole rings is 1.